The average Bonchev–Trinajstić information content (AvgIpc) is 2.67. The van der Waals surface area contributed by atoms with Crippen molar-refractivity contribution in [3.05, 3.63) is 65.2 Å². The molecule has 30 heavy (non-hydrogen) atoms. The lowest BCUT2D eigenvalue weighted by molar-refractivity contribution is -0.129. The molecule has 0 fully saturated rings. The van der Waals surface area contributed by atoms with Crippen LogP contribution in [-0.4, -0.2) is 43.4 Å². The summed E-state index contributed by atoms with van der Waals surface area (Å²) in [6.07, 6.45) is 1.05. The number of carbonyl (C=O) groups is 2. The molecule has 2 atom stereocenters. The summed E-state index contributed by atoms with van der Waals surface area (Å²) in [7, 11) is -4.78. The van der Waals surface area contributed by atoms with Gasteiger partial charge in [0, 0.05) is 29.4 Å². The number of nitrogens with two attached hydrogens (primary N) is 1. The van der Waals surface area contributed by atoms with Crippen LogP contribution in [0.1, 0.15) is 28.4 Å². The Morgan fingerprint density at radius 3 is 2.40 bits per heavy atom. The normalized spacial score (nSPS) is 13.3. The molecular weight excluding hydrogens is 428 g/mol. The fraction of sp³-hybridized carbons (Fsp3) is 0.300. The van der Waals surface area contributed by atoms with Crippen LogP contribution in [0, 0.1) is 0 Å². The second-order valence-electron chi connectivity index (χ2n) is 6.70. The van der Waals surface area contributed by atoms with E-state index in [-0.39, 0.29) is 17.0 Å². The van der Waals surface area contributed by atoms with E-state index in [0.717, 1.165) is 11.1 Å². The Morgan fingerprint density at radius 2 is 1.80 bits per heavy atom. The van der Waals surface area contributed by atoms with Crippen molar-refractivity contribution in [3.63, 3.8) is 0 Å². The van der Waals surface area contributed by atoms with Crippen LogP contribution in [0.3, 0.4) is 0 Å². The zero-order valence-electron chi connectivity index (χ0n) is 16.7. The third kappa shape index (κ3) is 7.36. The molecule has 0 radical (unpaired) electrons. The van der Waals surface area contributed by atoms with E-state index >= 15 is 0 Å². The summed E-state index contributed by atoms with van der Waals surface area (Å²) >= 11 is 0. The number of hydrogen-bond acceptors (Lipinski definition) is 6. The molecule has 0 spiro atoms. The first-order chi connectivity index (χ1) is 14.1. The van der Waals surface area contributed by atoms with Gasteiger partial charge in [-0.25, -0.2) is 18.4 Å². The van der Waals surface area contributed by atoms with Gasteiger partial charge < -0.3 is 10.1 Å². The zero-order valence-corrected chi connectivity index (χ0v) is 18.3. The first-order valence-corrected chi connectivity index (χ1v) is 12.3. The van der Waals surface area contributed by atoms with E-state index in [2.05, 4.69) is 5.32 Å². The van der Waals surface area contributed by atoms with Crippen LogP contribution < -0.4 is 10.5 Å². The van der Waals surface area contributed by atoms with Crippen molar-refractivity contribution in [1.29, 1.82) is 0 Å². The third-order valence-corrected chi connectivity index (χ3v) is 5.82. The van der Waals surface area contributed by atoms with Crippen LogP contribution in [0.4, 0.5) is 0 Å². The molecule has 3 N–H and O–H groups in total. The molecule has 2 aromatic carbocycles. The summed E-state index contributed by atoms with van der Waals surface area (Å²) in [5.74, 6) is -0.759. The molecule has 8 nitrogen and oxygen atoms in total. The molecule has 0 aromatic heterocycles. The minimum Gasteiger partial charge on any atom is -0.449 e. The molecule has 0 saturated carbocycles. The molecule has 2 unspecified atom stereocenters. The Kier molecular flexibility index (Phi) is 8.27. The highest BCUT2D eigenvalue weighted by Crippen LogP contribution is 2.11. The maximum atomic E-state index is 12.3. The molecule has 1 amide bonds. The number of primary sulfonamides is 1. The lowest BCUT2D eigenvalue weighted by Crippen LogP contribution is -2.36. The Hall–Kier alpha value is -2.56. The monoisotopic (exact) mass is 452 g/mol. The van der Waals surface area contributed by atoms with Crippen LogP contribution in [0.5, 0.6) is 0 Å². The van der Waals surface area contributed by atoms with E-state index in [1.165, 1.54) is 19.1 Å². The summed E-state index contributed by atoms with van der Waals surface area (Å²) in [4.78, 5) is 24.5. The molecule has 0 aliphatic heterocycles. The average molecular weight is 453 g/mol. The SMILES string of the molecule is CC(OC(=O)c1cccc(CS(C)=O)c1)C(=O)NCCc1ccc(S(N)(=O)=O)cc1. The van der Waals surface area contributed by atoms with Gasteiger partial charge in [-0.05, 0) is 48.7 Å². The number of benzene rings is 2. The number of esters is 1. The number of hydrogen-bond donors (Lipinski definition) is 2. The maximum absolute atomic E-state index is 12.3. The summed E-state index contributed by atoms with van der Waals surface area (Å²) in [6.45, 7) is 1.76. The second kappa shape index (κ2) is 10.5. The van der Waals surface area contributed by atoms with E-state index < -0.39 is 38.8 Å². The van der Waals surface area contributed by atoms with Crippen molar-refractivity contribution in [2.45, 2.75) is 30.1 Å². The smallest absolute Gasteiger partial charge is 0.338 e. The van der Waals surface area contributed by atoms with Gasteiger partial charge in [0.25, 0.3) is 5.91 Å². The van der Waals surface area contributed by atoms with Gasteiger partial charge in [0.1, 0.15) is 0 Å². The highest BCUT2D eigenvalue weighted by Gasteiger charge is 2.19. The highest BCUT2D eigenvalue weighted by atomic mass is 32.2. The van der Waals surface area contributed by atoms with Crippen molar-refractivity contribution >= 4 is 32.7 Å². The van der Waals surface area contributed by atoms with Crippen LogP contribution in [-0.2, 0) is 42.5 Å². The number of rotatable bonds is 9. The van der Waals surface area contributed by atoms with Gasteiger partial charge in [-0.2, -0.15) is 0 Å². The number of amides is 1. The van der Waals surface area contributed by atoms with Crippen molar-refractivity contribution < 1.29 is 27.0 Å². The van der Waals surface area contributed by atoms with E-state index in [0.29, 0.717) is 12.2 Å². The Labute approximate surface area is 178 Å². The van der Waals surface area contributed by atoms with Crippen molar-refractivity contribution in [2.24, 2.45) is 5.14 Å². The van der Waals surface area contributed by atoms with E-state index in [1.807, 2.05) is 0 Å². The van der Waals surface area contributed by atoms with Gasteiger partial charge >= 0.3 is 5.97 Å². The minimum atomic E-state index is -3.74. The van der Waals surface area contributed by atoms with Crippen LogP contribution >= 0.6 is 0 Å². The molecule has 0 saturated heterocycles. The van der Waals surface area contributed by atoms with Gasteiger partial charge in [-0.1, -0.05) is 24.3 Å². The first kappa shape index (κ1) is 23.7. The van der Waals surface area contributed by atoms with Gasteiger partial charge in [0.05, 0.1) is 10.5 Å². The number of sulfonamides is 1. The molecule has 0 aliphatic rings. The number of nitrogens with one attached hydrogen (secondary N) is 1. The van der Waals surface area contributed by atoms with E-state index in [9.17, 15) is 22.2 Å². The van der Waals surface area contributed by atoms with Crippen LogP contribution in [0.25, 0.3) is 0 Å². The standard InChI is InChI=1S/C20H24N2O6S2/c1-14(28-20(24)17-5-3-4-16(12-17)13-29(2)25)19(23)22-11-10-15-6-8-18(9-7-15)30(21,26)27/h3-9,12,14H,10-11,13H2,1-2H3,(H,22,23)(H2,21,26,27). The second-order valence-corrected chi connectivity index (χ2v) is 9.69. The van der Waals surface area contributed by atoms with Gasteiger partial charge in [-0.3, -0.25) is 9.00 Å². The Morgan fingerprint density at radius 1 is 1.13 bits per heavy atom. The lowest BCUT2D eigenvalue weighted by atomic mass is 10.1. The zero-order chi connectivity index (χ0) is 22.3. The summed E-state index contributed by atoms with van der Waals surface area (Å²) in [5.41, 5.74) is 1.85. The van der Waals surface area contributed by atoms with E-state index in [1.54, 1.807) is 42.7 Å². The van der Waals surface area contributed by atoms with Gasteiger partial charge in [-0.15, -0.1) is 0 Å². The Bertz CT molecular complexity index is 1040. The maximum Gasteiger partial charge on any atom is 0.338 e. The summed E-state index contributed by atoms with van der Waals surface area (Å²) in [6, 6.07) is 12.6. The topological polar surface area (TPSA) is 133 Å². The number of ether oxygens (including phenoxy) is 1. The first-order valence-electron chi connectivity index (χ1n) is 9.05. The van der Waals surface area contributed by atoms with Crippen LogP contribution in [0.15, 0.2) is 53.4 Å². The highest BCUT2D eigenvalue weighted by molar-refractivity contribution is 7.89. The van der Waals surface area contributed by atoms with Gasteiger partial charge in [0.15, 0.2) is 6.10 Å². The predicted octanol–water partition coefficient (Wildman–Crippen LogP) is 1.12. The molecule has 10 heteroatoms. The number of carbonyl (C=O) groups excluding carboxylic acids is 2. The lowest BCUT2D eigenvalue weighted by Gasteiger charge is -2.14. The quantitative estimate of drug-likeness (QED) is 0.548. The molecule has 162 valence electrons. The summed E-state index contributed by atoms with van der Waals surface area (Å²) in [5, 5.41) is 7.72. The van der Waals surface area contributed by atoms with Crippen molar-refractivity contribution in [1.82, 2.24) is 5.32 Å². The van der Waals surface area contributed by atoms with E-state index in [4.69, 9.17) is 9.88 Å². The third-order valence-electron chi connectivity index (χ3n) is 4.15. The van der Waals surface area contributed by atoms with Crippen molar-refractivity contribution in [3.8, 4) is 0 Å². The fourth-order valence-corrected chi connectivity index (χ4v) is 3.79. The largest absolute Gasteiger partial charge is 0.449 e. The van der Waals surface area contributed by atoms with Crippen molar-refractivity contribution in [2.75, 3.05) is 12.8 Å². The molecule has 0 aliphatic carbocycles. The predicted molar refractivity (Wildman–Crippen MR) is 114 cm³/mol. The minimum absolute atomic E-state index is 0.0186. The Balaban J connectivity index is 1.84. The van der Waals surface area contributed by atoms with Gasteiger partial charge in [0.2, 0.25) is 10.0 Å². The molecule has 2 aromatic rings. The summed E-state index contributed by atoms with van der Waals surface area (Å²) < 4.78 is 39.0. The molecule has 0 bridgehead atoms. The fourth-order valence-electron chi connectivity index (χ4n) is 2.62. The van der Waals surface area contributed by atoms with Crippen LogP contribution in [0.2, 0.25) is 0 Å². The molecular formula is C20H24N2O6S2. The molecule has 0 heterocycles. The molecule has 2 rings (SSSR count).